The van der Waals surface area contributed by atoms with E-state index in [-0.39, 0.29) is 12.0 Å². The summed E-state index contributed by atoms with van der Waals surface area (Å²) < 4.78 is 0. The van der Waals surface area contributed by atoms with Crippen LogP contribution >= 0.6 is 11.6 Å². The van der Waals surface area contributed by atoms with Crippen molar-refractivity contribution >= 4 is 39.4 Å². The van der Waals surface area contributed by atoms with E-state index in [1.165, 1.54) is 7.05 Å². The number of benzene rings is 2. The number of fused-ring (bicyclic) bond motifs is 1. The summed E-state index contributed by atoms with van der Waals surface area (Å²) in [6, 6.07) is 10.5. The Morgan fingerprint density at radius 3 is 2.46 bits per heavy atom. The van der Waals surface area contributed by atoms with Crippen LogP contribution in [0.2, 0.25) is 0 Å². The van der Waals surface area contributed by atoms with Crippen LogP contribution in [0.4, 0.5) is 0 Å². The molecule has 2 atom stereocenters. The van der Waals surface area contributed by atoms with Gasteiger partial charge in [-0.3, -0.25) is 19.3 Å². The Kier molecular flexibility index (Phi) is 5.96. The molecule has 0 saturated carbocycles. The van der Waals surface area contributed by atoms with Crippen LogP contribution in [0, 0.1) is 17.4 Å². The van der Waals surface area contributed by atoms with Crippen LogP contribution in [0.15, 0.2) is 36.4 Å². The number of nitriles is 1. The average Bonchev–Trinajstić information content (AvgIpc) is 2.60. The second-order valence-electron chi connectivity index (χ2n) is 6.14. The van der Waals surface area contributed by atoms with E-state index in [1.807, 2.05) is 12.1 Å². The Morgan fingerprint density at radius 2 is 1.88 bits per heavy atom. The summed E-state index contributed by atoms with van der Waals surface area (Å²) in [5.41, 5.74) is 5.89. The number of hydrogen-bond donors (Lipinski definition) is 1. The standard InChI is InChI=1S/C19H18ClN3O3/c1-11(9-15(22)24)16(19(26)23(2)10-21)17-13-6-4-3-5-12(13)7-8-14(17)18(20)25/h3-8,11,16H,9H2,1-2H3,(H2,22,24). The van der Waals surface area contributed by atoms with Crippen molar-refractivity contribution in [2.24, 2.45) is 11.7 Å². The lowest BCUT2D eigenvalue weighted by Gasteiger charge is -2.27. The highest BCUT2D eigenvalue weighted by atomic mass is 35.5. The smallest absolute Gasteiger partial charge is 0.252 e. The normalized spacial score (nSPS) is 12.8. The van der Waals surface area contributed by atoms with Gasteiger partial charge in [0.1, 0.15) is 0 Å². The highest BCUT2D eigenvalue weighted by molar-refractivity contribution is 6.68. The summed E-state index contributed by atoms with van der Waals surface area (Å²) in [7, 11) is 1.33. The molecule has 0 aliphatic carbocycles. The van der Waals surface area contributed by atoms with Gasteiger partial charge < -0.3 is 5.73 Å². The van der Waals surface area contributed by atoms with Crippen LogP contribution < -0.4 is 5.73 Å². The van der Waals surface area contributed by atoms with Gasteiger partial charge >= 0.3 is 0 Å². The molecule has 2 N–H and O–H groups in total. The molecular formula is C19H18ClN3O3. The maximum atomic E-state index is 12.9. The molecule has 0 heterocycles. The van der Waals surface area contributed by atoms with Crippen molar-refractivity contribution in [2.45, 2.75) is 19.3 Å². The summed E-state index contributed by atoms with van der Waals surface area (Å²) in [6.07, 6.45) is 1.69. The highest BCUT2D eigenvalue weighted by Crippen LogP contribution is 2.37. The number of rotatable bonds is 6. The van der Waals surface area contributed by atoms with Crippen molar-refractivity contribution in [1.29, 1.82) is 5.26 Å². The number of primary amides is 1. The number of nitrogens with zero attached hydrogens (tertiary/aromatic N) is 2. The van der Waals surface area contributed by atoms with Gasteiger partial charge in [-0.1, -0.05) is 37.3 Å². The fourth-order valence-electron chi connectivity index (χ4n) is 3.15. The molecule has 0 fully saturated rings. The highest BCUT2D eigenvalue weighted by Gasteiger charge is 2.34. The van der Waals surface area contributed by atoms with Crippen LogP contribution in [0.3, 0.4) is 0 Å². The molecular weight excluding hydrogens is 354 g/mol. The third-order valence-electron chi connectivity index (χ3n) is 4.33. The summed E-state index contributed by atoms with van der Waals surface area (Å²) in [6.45, 7) is 1.68. The molecule has 0 aromatic heterocycles. The molecule has 0 saturated heterocycles. The zero-order chi connectivity index (χ0) is 19.4. The number of amides is 2. The van der Waals surface area contributed by atoms with Crippen LogP contribution in [0.1, 0.15) is 35.2 Å². The Hall–Kier alpha value is -2.91. The average molecular weight is 372 g/mol. The molecule has 2 unspecified atom stereocenters. The van der Waals surface area contributed by atoms with Crippen molar-refractivity contribution in [3.8, 4) is 6.19 Å². The fourth-order valence-corrected chi connectivity index (χ4v) is 3.31. The molecule has 134 valence electrons. The van der Waals surface area contributed by atoms with Crippen molar-refractivity contribution in [3.05, 3.63) is 47.5 Å². The van der Waals surface area contributed by atoms with Gasteiger partial charge in [0.2, 0.25) is 11.8 Å². The van der Waals surface area contributed by atoms with Crippen LogP contribution in [-0.2, 0) is 9.59 Å². The van der Waals surface area contributed by atoms with E-state index in [1.54, 1.807) is 37.4 Å². The topological polar surface area (TPSA) is 104 Å². The van der Waals surface area contributed by atoms with E-state index >= 15 is 0 Å². The Bertz CT molecular complexity index is 920. The molecule has 26 heavy (non-hydrogen) atoms. The van der Waals surface area contributed by atoms with Gasteiger partial charge in [-0.15, -0.1) is 0 Å². The van der Waals surface area contributed by atoms with Gasteiger partial charge in [-0.05, 0) is 39.9 Å². The Balaban J connectivity index is 2.80. The molecule has 0 radical (unpaired) electrons. The fraction of sp³-hybridized carbons (Fsp3) is 0.263. The van der Waals surface area contributed by atoms with E-state index in [2.05, 4.69) is 0 Å². The lowest BCUT2D eigenvalue weighted by Crippen LogP contribution is -2.34. The molecule has 2 aromatic carbocycles. The first-order valence-electron chi connectivity index (χ1n) is 7.95. The van der Waals surface area contributed by atoms with Gasteiger partial charge in [-0.2, -0.15) is 5.26 Å². The molecule has 2 amide bonds. The minimum atomic E-state index is -0.920. The third kappa shape index (κ3) is 3.84. The summed E-state index contributed by atoms with van der Waals surface area (Å²) in [5.74, 6) is -2.56. The van der Waals surface area contributed by atoms with E-state index in [9.17, 15) is 14.4 Å². The predicted octanol–water partition coefficient (Wildman–Crippen LogP) is 2.75. The minimum Gasteiger partial charge on any atom is -0.370 e. The number of carbonyl (C=O) groups is 3. The van der Waals surface area contributed by atoms with Crippen LogP contribution in [0.25, 0.3) is 10.8 Å². The monoisotopic (exact) mass is 371 g/mol. The first-order chi connectivity index (χ1) is 12.3. The van der Waals surface area contributed by atoms with E-state index in [4.69, 9.17) is 22.6 Å². The SMILES string of the molecule is CC(CC(N)=O)C(C(=O)N(C)C#N)c1c(C(=O)Cl)ccc2ccccc12. The molecule has 0 bridgehead atoms. The van der Waals surface area contributed by atoms with E-state index < -0.39 is 28.9 Å². The lowest BCUT2D eigenvalue weighted by molar-refractivity contribution is -0.130. The number of hydrogen-bond acceptors (Lipinski definition) is 4. The van der Waals surface area contributed by atoms with Crippen molar-refractivity contribution in [2.75, 3.05) is 7.05 Å². The molecule has 2 rings (SSSR count). The number of nitrogens with two attached hydrogens (primary N) is 1. The predicted molar refractivity (Wildman–Crippen MR) is 98.2 cm³/mol. The largest absolute Gasteiger partial charge is 0.370 e. The first-order valence-corrected chi connectivity index (χ1v) is 8.32. The molecule has 6 nitrogen and oxygen atoms in total. The second-order valence-corrected chi connectivity index (χ2v) is 6.49. The number of carbonyl (C=O) groups excluding carboxylic acids is 3. The molecule has 0 aliphatic heterocycles. The maximum absolute atomic E-state index is 12.9. The van der Waals surface area contributed by atoms with E-state index in [0.717, 1.165) is 10.3 Å². The van der Waals surface area contributed by atoms with Crippen LogP contribution in [0.5, 0.6) is 0 Å². The number of halogens is 1. The van der Waals surface area contributed by atoms with Crippen molar-refractivity contribution in [3.63, 3.8) is 0 Å². The lowest BCUT2D eigenvalue weighted by atomic mass is 9.79. The zero-order valence-corrected chi connectivity index (χ0v) is 15.2. The Labute approximate surface area is 156 Å². The van der Waals surface area contributed by atoms with Crippen molar-refractivity contribution in [1.82, 2.24) is 4.90 Å². The maximum Gasteiger partial charge on any atom is 0.252 e. The summed E-state index contributed by atoms with van der Waals surface area (Å²) in [4.78, 5) is 37.2. The van der Waals surface area contributed by atoms with Gasteiger partial charge in [0, 0.05) is 19.0 Å². The second kappa shape index (κ2) is 7.98. The van der Waals surface area contributed by atoms with Gasteiger partial charge in [0.15, 0.2) is 6.19 Å². The van der Waals surface area contributed by atoms with Crippen molar-refractivity contribution < 1.29 is 14.4 Å². The Morgan fingerprint density at radius 1 is 1.23 bits per heavy atom. The summed E-state index contributed by atoms with van der Waals surface area (Å²) in [5, 5.41) is 9.89. The van der Waals surface area contributed by atoms with Gasteiger partial charge in [0.25, 0.3) is 5.24 Å². The molecule has 0 spiro atoms. The van der Waals surface area contributed by atoms with Gasteiger partial charge in [-0.25, -0.2) is 0 Å². The molecule has 0 aliphatic rings. The summed E-state index contributed by atoms with van der Waals surface area (Å²) >= 11 is 5.76. The molecule has 2 aromatic rings. The molecule has 7 heteroatoms. The van der Waals surface area contributed by atoms with Crippen LogP contribution in [-0.4, -0.2) is 29.0 Å². The third-order valence-corrected chi connectivity index (χ3v) is 4.54. The quantitative estimate of drug-likeness (QED) is 0.478. The van der Waals surface area contributed by atoms with Gasteiger partial charge in [0.05, 0.1) is 5.92 Å². The zero-order valence-electron chi connectivity index (χ0n) is 14.4. The van der Waals surface area contributed by atoms with E-state index in [0.29, 0.717) is 10.9 Å². The number of likely N-dealkylation sites (N-methyl/N-ethyl adjacent to an activating group) is 1. The minimum absolute atomic E-state index is 0.0746. The first kappa shape index (κ1) is 19.4.